The van der Waals surface area contributed by atoms with Crippen LogP contribution in [0.5, 0.6) is 0 Å². The number of aromatic nitrogens is 2. The van der Waals surface area contributed by atoms with E-state index in [1.165, 1.54) is 11.6 Å². The molecule has 0 bridgehead atoms. The van der Waals surface area contributed by atoms with Gasteiger partial charge in [-0.05, 0) is 19.8 Å². The van der Waals surface area contributed by atoms with Crippen LogP contribution >= 0.6 is 0 Å². The molecule has 1 aromatic heterocycles. The van der Waals surface area contributed by atoms with Gasteiger partial charge in [0, 0.05) is 25.6 Å². The molecule has 0 aromatic carbocycles. The minimum absolute atomic E-state index is 0.0541. The van der Waals surface area contributed by atoms with Crippen molar-refractivity contribution in [2.75, 3.05) is 0 Å². The largest absolute Gasteiger partial charge is 0.293 e. The molecule has 1 aliphatic carbocycles. The third kappa shape index (κ3) is 1.54. The van der Waals surface area contributed by atoms with Crippen LogP contribution in [0.3, 0.4) is 0 Å². The Morgan fingerprint density at radius 3 is 2.81 bits per heavy atom. The average Bonchev–Trinajstić information content (AvgIpc) is 2.57. The number of carbonyl (C=O) groups excluding carboxylic acids is 1. The van der Waals surface area contributed by atoms with Gasteiger partial charge in [0.05, 0.1) is 5.56 Å². The number of alkyl halides is 2. The Labute approximate surface area is 92.4 Å². The fraction of sp³-hybridized carbons (Fsp3) is 0.636. The maximum Gasteiger partial charge on any atom is 0.277 e. The van der Waals surface area contributed by atoms with Gasteiger partial charge >= 0.3 is 0 Å². The topological polar surface area (TPSA) is 34.9 Å². The van der Waals surface area contributed by atoms with Crippen molar-refractivity contribution in [2.24, 2.45) is 0 Å². The maximum atomic E-state index is 13.8. The minimum atomic E-state index is -2.90. The smallest absolute Gasteiger partial charge is 0.277 e. The van der Waals surface area contributed by atoms with Gasteiger partial charge < -0.3 is 0 Å². The summed E-state index contributed by atoms with van der Waals surface area (Å²) in [6, 6.07) is 0. The molecule has 0 spiro atoms. The summed E-state index contributed by atoms with van der Waals surface area (Å²) in [6.07, 6.45) is 0.845. The second-order valence-electron chi connectivity index (χ2n) is 4.10. The Kier molecular flexibility index (Phi) is 2.56. The number of carbonyl (C=O) groups is 1. The van der Waals surface area contributed by atoms with Crippen LogP contribution in [0.2, 0.25) is 0 Å². The number of halogens is 2. The van der Waals surface area contributed by atoms with Crippen LogP contribution in [0, 0.1) is 0 Å². The molecule has 88 valence electrons. The molecule has 0 saturated heterocycles. The Morgan fingerprint density at radius 1 is 1.56 bits per heavy atom. The van der Waals surface area contributed by atoms with Crippen molar-refractivity contribution in [2.45, 2.75) is 45.6 Å². The van der Waals surface area contributed by atoms with E-state index >= 15 is 0 Å². The van der Waals surface area contributed by atoms with Crippen LogP contribution in [0.4, 0.5) is 8.78 Å². The monoisotopic (exact) mass is 228 g/mol. The SMILES string of the molecule is CCn1nc(C(C)=O)c2c1CCCC2(F)F. The van der Waals surface area contributed by atoms with Crippen LogP contribution in [0.25, 0.3) is 0 Å². The van der Waals surface area contributed by atoms with E-state index in [4.69, 9.17) is 0 Å². The summed E-state index contributed by atoms with van der Waals surface area (Å²) in [6.45, 7) is 3.64. The molecule has 2 rings (SSSR count). The zero-order chi connectivity index (χ0) is 11.9. The van der Waals surface area contributed by atoms with Crippen LogP contribution in [-0.4, -0.2) is 15.6 Å². The van der Waals surface area contributed by atoms with E-state index in [-0.39, 0.29) is 23.5 Å². The van der Waals surface area contributed by atoms with Gasteiger partial charge in [-0.1, -0.05) is 0 Å². The second-order valence-corrected chi connectivity index (χ2v) is 4.10. The van der Waals surface area contributed by atoms with Crippen LogP contribution in [-0.2, 0) is 18.9 Å². The molecule has 0 unspecified atom stereocenters. The fourth-order valence-electron chi connectivity index (χ4n) is 2.25. The normalized spacial score (nSPS) is 18.2. The number of Topliss-reactive ketones (excluding diaryl/α,β-unsaturated/α-hetero) is 1. The summed E-state index contributed by atoms with van der Waals surface area (Å²) >= 11 is 0. The zero-order valence-corrected chi connectivity index (χ0v) is 9.39. The standard InChI is InChI=1S/C11H14F2N2O/c1-3-15-8-5-4-6-11(12,13)9(8)10(14-15)7(2)16/h3-6H2,1-2H3. The Morgan fingerprint density at radius 2 is 2.25 bits per heavy atom. The molecule has 0 radical (unpaired) electrons. The van der Waals surface area contributed by atoms with E-state index in [1.807, 2.05) is 6.92 Å². The van der Waals surface area contributed by atoms with Crippen molar-refractivity contribution in [3.63, 3.8) is 0 Å². The lowest BCUT2D eigenvalue weighted by molar-refractivity contribution is -0.0227. The first-order chi connectivity index (χ1) is 7.47. The highest BCUT2D eigenvalue weighted by Crippen LogP contribution is 2.41. The number of fused-ring (bicyclic) bond motifs is 1. The first-order valence-corrected chi connectivity index (χ1v) is 5.46. The number of ketones is 1. The molecule has 1 aliphatic rings. The molecule has 0 aliphatic heterocycles. The van der Waals surface area contributed by atoms with E-state index in [1.54, 1.807) is 0 Å². The number of rotatable bonds is 2. The van der Waals surface area contributed by atoms with Gasteiger partial charge in [0.2, 0.25) is 0 Å². The van der Waals surface area contributed by atoms with Gasteiger partial charge in [-0.25, -0.2) is 8.78 Å². The Bertz CT molecular complexity index is 437. The lowest BCUT2D eigenvalue weighted by Crippen LogP contribution is -2.23. The van der Waals surface area contributed by atoms with Gasteiger partial charge in [-0.15, -0.1) is 0 Å². The van der Waals surface area contributed by atoms with E-state index in [2.05, 4.69) is 5.10 Å². The maximum absolute atomic E-state index is 13.8. The van der Waals surface area contributed by atoms with E-state index in [0.29, 0.717) is 25.1 Å². The second kappa shape index (κ2) is 3.64. The summed E-state index contributed by atoms with van der Waals surface area (Å²) in [5, 5.41) is 3.99. The van der Waals surface area contributed by atoms with Crippen LogP contribution < -0.4 is 0 Å². The quantitative estimate of drug-likeness (QED) is 0.729. The molecule has 0 atom stereocenters. The van der Waals surface area contributed by atoms with Crippen molar-refractivity contribution in [3.8, 4) is 0 Å². The van der Waals surface area contributed by atoms with Crippen LogP contribution in [0.1, 0.15) is 48.4 Å². The number of nitrogens with zero attached hydrogens (tertiary/aromatic N) is 2. The Balaban J connectivity index is 2.66. The van der Waals surface area contributed by atoms with Crippen LogP contribution in [0.15, 0.2) is 0 Å². The highest BCUT2D eigenvalue weighted by Gasteiger charge is 2.42. The highest BCUT2D eigenvalue weighted by molar-refractivity contribution is 5.94. The van der Waals surface area contributed by atoms with Crippen molar-refractivity contribution >= 4 is 5.78 Å². The molecule has 3 nitrogen and oxygen atoms in total. The van der Waals surface area contributed by atoms with Crippen molar-refractivity contribution in [3.05, 3.63) is 17.0 Å². The molecule has 5 heteroatoms. The van der Waals surface area contributed by atoms with E-state index in [0.717, 1.165) is 0 Å². The average molecular weight is 228 g/mol. The van der Waals surface area contributed by atoms with Crippen molar-refractivity contribution in [1.29, 1.82) is 0 Å². The molecule has 16 heavy (non-hydrogen) atoms. The number of hydrogen-bond acceptors (Lipinski definition) is 2. The lowest BCUT2D eigenvalue weighted by atomic mass is 9.91. The lowest BCUT2D eigenvalue weighted by Gasteiger charge is -2.23. The van der Waals surface area contributed by atoms with Gasteiger partial charge in [-0.3, -0.25) is 9.48 Å². The van der Waals surface area contributed by atoms with Crippen molar-refractivity contribution in [1.82, 2.24) is 9.78 Å². The predicted molar refractivity (Wildman–Crippen MR) is 54.7 cm³/mol. The van der Waals surface area contributed by atoms with E-state index in [9.17, 15) is 13.6 Å². The summed E-state index contributed by atoms with van der Waals surface area (Å²) in [5.74, 6) is -3.29. The highest BCUT2D eigenvalue weighted by atomic mass is 19.3. The molecule has 0 fully saturated rings. The van der Waals surface area contributed by atoms with Crippen molar-refractivity contribution < 1.29 is 13.6 Å². The van der Waals surface area contributed by atoms with Gasteiger partial charge in [0.25, 0.3) is 5.92 Å². The molecular weight excluding hydrogens is 214 g/mol. The molecule has 0 amide bonds. The van der Waals surface area contributed by atoms with Gasteiger partial charge in [0.15, 0.2) is 5.78 Å². The Hall–Kier alpha value is -1.26. The fourth-order valence-corrected chi connectivity index (χ4v) is 2.25. The van der Waals surface area contributed by atoms with Gasteiger partial charge in [-0.2, -0.15) is 5.10 Å². The predicted octanol–water partition coefficient (Wildman–Crippen LogP) is 2.53. The zero-order valence-electron chi connectivity index (χ0n) is 9.39. The van der Waals surface area contributed by atoms with E-state index < -0.39 is 5.92 Å². The molecule has 0 saturated carbocycles. The summed E-state index contributed by atoms with van der Waals surface area (Å²) in [7, 11) is 0. The molecule has 0 N–H and O–H groups in total. The molecular formula is C11H14F2N2O. The first-order valence-electron chi connectivity index (χ1n) is 5.46. The number of aryl methyl sites for hydroxylation is 1. The number of hydrogen-bond donors (Lipinski definition) is 0. The first kappa shape index (κ1) is 11.2. The summed E-state index contributed by atoms with van der Waals surface area (Å²) in [5.41, 5.74) is 0.346. The molecule has 1 heterocycles. The third-order valence-electron chi connectivity index (χ3n) is 2.96. The minimum Gasteiger partial charge on any atom is -0.293 e. The summed E-state index contributed by atoms with van der Waals surface area (Å²) < 4.78 is 29.1. The molecule has 1 aromatic rings. The third-order valence-corrected chi connectivity index (χ3v) is 2.96. The summed E-state index contributed by atoms with van der Waals surface area (Å²) in [4.78, 5) is 11.3. The van der Waals surface area contributed by atoms with Gasteiger partial charge in [0.1, 0.15) is 5.69 Å².